The maximum Gasteiger partial charge on any atom is 0.303 e. The average molecular weight is 201 g/mol. The van der Waals surface area contributed by atoms with Crippen molar-refractivity contribution in [1.82, 2.24) is 5.32 Å². The second kappa shape index (κ2) is 5.62. The number of hydrogen-bond donors (Lipinski definition) is 2. The van der Waals surface area contributed by atoms with E-state index in [0.717, 1.165) is 6.42 Å². The molecule has 0 aromatic carbocycles. The molecule has 4 nitrogen and oxygen atoms in total. The van der Waals surface area contributed by atoms with Gasteiger partial charge in [0, 0.05) is 13.0 Å². The second-order valence-corrected chi connectivity index (χ2v) is 4.55. The summed E-state index contributed by atoms with van der Waals surface area (Å²) in [5.41, 5.74) is 0.195. The van der Waals surface area contributed by atoms with Crippen LogP contribution in [0.4, 0.5) is 0 Å². The third kappa shape index (κ3) is 9.03. The van der Waals surface area contributed by atoms with E-state index in [1.54, 1.807) is 0 Å². The van der Waals surface area contributed by atoms with Gasteiger partial charge in [0.25, 0.3) is 0 Å². The van der Waals surface area contributed by atoms with Crippen molar-refractivity contribution in [2.75, 3.05) is 6.54 Å². The van der Waals surface area contributed by atoms with Gasteiger partial charge in [-0.05, 0) is 11.8 Å². The molecule has 4 heteroatoms. The molecule has 0 fully saturated rings. The Morgan fingerprint density at radius 3 is 2.21 bits per heavy atom. The SMILES string of the molecule is CC(C)(C)CCNC(=O)CCC(=O)O. The van der Waals surface area contributed by atoms with Crippen molar-refractivity contribution in [1.29, 1.82) is 0 Å². The van der Waals surface area contributed by atoms with Crippen LogP contribution >= 0.6 is 0 Å². The Labute approximate surface area is 84.7 Å². The average Bonchev–Trinajstić information content (AvgIpc) is 1.98. The molecule has 0 aromatic heterocycles. The molecule has 0 aliphatic carbocycles. The summed E-state index contributed by atoms with van der Waals surface area (Å²) in [6.07, 6.45) is 0.868. The lowest BCUT2D eigenvalue weighted by atomic mass is 9.92. The van der Waals surface area contributed by atoms with Gasteiger partial charge in [0.2, 0.25) is 5.91 Å². The Morgan fingerprint density at radius 2 is 1.79 bits per heavy atom. The van der Waals surface area contributed by atoms with E-state index in [1.807, 2.05) is 0 Å². The van der Waals surface area contributed by atoms with Crippen LogP contribution < -0.4 is 5.32 Å². The van der Waals surface area contributed by atoms with Gasteiger partial charge in [-0.15, -0.1) is 0 Å². The maximum absolute atomic E-state index is 11.1. The number of aliphatic carboxylic acids is 1. The molecule has 0 unspecified atom stereocenters. The van der Waals surface area contributed by atoms with E-state index >= 15 is 0 Å². The largest absolute Gasteiger partial charge is 0.481 e. The molecule has 14 heavy (non-hydrogen) atoms. The van der Waals surface area contributed by atoms with Crippen LogP contribution in [-0.4, -0.2) is 23.5 Å². The van der Waals surface area contributed by atoms with Crippen LogP contribution in [0.2, 0.25) is 0 Å². The van der Waals surface area contributed by atoms with Crippen molar-refractivity contribution in [3.05, 3.63) is 0 Å². The van der Waals surface area contributed by atoms with Gasteiger partial charge >= 0.3 is 5.97 Å². The second-order valence-electron chi connectivity index (χ2n) is 4.55. The zero-order valence-electron chi connectivity index (χ0n) is 9.09. The number of carbonyl (C=O) groups excluding carboxylic acids is 1. The molecule has 0 heterocycles. The summed E-state index contributed by atoms with van der Waals surface area (Å²) in [7, 11) is 0. The number of carboxylic acids is 1. The van der Waals surface area contributed by atoms with Crippen LogP contribution in [0.1, 0.15) is 40.0 Å². The monoisotopic (exact) mass is 201 g/mol. The molecular formula is C10H19NO3. The molecule has 0 aliphatic rings. The molecule has 82 valence electrons. The van der Waals surface area contributed by atoms with Crippen molar-refractivity contribution in [2.45, 2.75) is 40.0 Å². The van der Waals surface area contributed by atoms with Gasteiger partial charge in [-0.25, -0.2) is 0 Å². The van der Waals surface area contributed by atoms with Gasteiger partial charge in [-0.3, -0.25) is 9.59 Å². The standard InChI is InChI=1S/C10H19NO3/c1-10(2,3)6-7-11-8(12)4-5-9(13)14/h4-7H2,1-3H3,(H,11,12)(H,13,14). The zero-order valence-corrected chi connectivity index (χ0v) is 9.09. The van der Waals surface area contributed by atoms with E-state index in [-0.39, 0.29) is 24.2 Å². The van der Waals surface area contributed by atoms with Crippen LogP contribution in [0.3, 0.4) is 0 Å². The van der Waals surface area contributed by atoms with Crippen molar-refractivity contribution >= 4 is 11.9 Å². The minimum Gasteiger partial charge on any atom is -0.481 e. The Morgan fingerprint density at radius 1 is 1.21 bits per heavy atom. The number of rotatable bonds is 5. The maximum atomic E-state index is 11.1. The van der Waals surface area contributed by atoms with E-state index in [9.17, 15) is 9.59 Å². The molecular weight excluding hydrogens is 182 g/mol. The topological polar surface area (TPSA) is 66.4 Å². The highest BCUT2D eigenvalue weighted by molar-refractivity contribution is 5.80. The summed E-state index contributed by atoms with van der Waals surface area (Å²) in [5.74, 6) is -1.12. The summed E-state index contributed by atoms with van der Waals surface area (Å²) in [4.78, 5) is 21.2. The fraction of sp³-hybridized carbons (Fsp3) is 0.800. The van der Waals surface area contributed by atoms with Crippen LogP contribution in [0.25, 0.3) is 0 Å². The molecule has 0 atom stereocenters. The highest BCUT2D eigenvalue weighted by atomic mass is 16.4. The number of hydrogen-bond acceptors (Lipinski definition) is 2. The van der Waals surface area contributed by atoms with E-state index < -0.39 is 5.97 Å². The van der Waals surface area contributed by atoms with Gasteiger partial charge in [0.05, 0.1) is 6.42 Å². The number of carboxylic acid groups (broad SMARTS) is 1. The van der Waals surface area contributed by atoms with Gasteiger partial charge in [0.15, 0.2) is 0 Å². The summed E-state index contributed by atoms with van der Waals surface area (Å²) in [5, 5.41) is 11.0. The van der Waals surface area contributed by atoms with E-state index in [2.05, 4.69) is 26.1 Å². The van der Waals surface area contributed by atoms with E-state index in [1.165, 1.54) is 0 Å². The normalized spacial score (nSPS) is 11.1. The van der Waals surface area contributed by atoms with Gasteiger partial charge in [0.1, 0.15) is 0 Å². The van der Waals surface area contributed by atoms with Crippen LogP contribution in [-0.2, 0) is 9.59 Å². The quantitative estimate of drug-likeness (QED) is 0.706. The molecule has 2 N–H and O–H groups in total. The fourth-order valence-electron chi connectivity index (χ4n) is 0.886. The molecule has 0 aromatic rings. The number of carbonyl (C=O) groups is 2. The Kier molecular flexibility index (Phi) is 5.20. The smallest absolute Gasteiger partial charge is 0.303 e. The summed E-state index contributed by atoms with van der Waals surface area (Å²) >= 11 is 0. The number of amides is 1. The first-order valence-electron chi connectivity index (χ1n) is 4.80. The summed E-state index contributed by atoms with van der Waals surface area (Å²) in [6.45, 7) is 6.89. The Bertz CT molecular complexity index is 206. The lowest BCUT2D eigenvalue weighted by Crippen LogP contribution is -2.27. The van der Waals surface area contributed by atoms with Crippen LogP contribution in [0.5, 0.6) is 0 Å². The Balaban J connectivity index is 3.50. The molecule has 0 radical (unpaired) electrons. The molecule has 0 spiro atoms. The van der Waals surface area contributed by atoms with Gasteiger partial charge in [-0.1, -0.05) is 20.8 Å². The first kappa shape index (κ1) is 12.9. The minimum atomic E-state index is -0.934. The predicted octanol–water partition coefficient (Wildman–Crippen LogP) is 1.40. The zero-order chi connectivity index (χ0) is 11.2. The van der Waals surface area contributed by atoms with Gasteiger partial charge in [-0.2, -0.15) is 0 Å². The third-order valence-corrected chi connectivity index (χ3v) is 1.76. The van der Waals surface area contributed by atoms with Crippen molar-refractivity contribution < 1.29 is 14.7 Å². The molecule has 0 aliphatic heterocycles. The molecule has 1 amide bonds. The van der Waals surface area contributed by atoms with Gasteiger partial charge < -0.3 is 10.4 Å². The molecule has 0 bridgehead atoms. The molecule has 0 saturated carbocycles. The number of nitrogens with one attached hydrogen (secondary N) is 1. The van der Waals surface area contributed by atoms with E-state index in [4.69, 9.17) is 5.11 Å². The van der Waals surface area contributed by atoms with E-state index in [0.29, 0.717) is 6.54 Å². The molecule has 0 rings (SSSR count). The first-order valence-corrected chi connectivity index (χ1v) is 4.80. The predicted molar refractivity (Wildman–Crippen MR) is 54.0 cm³/mol. The van der Waals surface area contributed by atoms with Crippen LogP contribution in [0.15, 0.2) is 0 Å². The highest BCUT2D eigenvalue weighted by Gasteiger charge is 2.10. The van der Waals surface area contributed by atoms with Crippen molar-refractivity contribution in [3.63, 3.8) is 0 Å². The van der Waals surface area contributed by atoms with Crippen molar-refractivity contribution in [3.8, 4) is 0 Å². The molecule has 0 saturated heterocycles. The Hall–Kier alpha value is -1.06. The minimum absolute atomic E-state index is 0.0689. The fourth-order valence-corrected chi connectivity index (χ4v) is 0.886. The lowest BCUT2D eigenvalue weighted by Gasteiger charge is -2.17. The van der Waals surface area contributed by atoms with Crippen molar-refractivity contribution in [2.24, 2.45) is 5.41 Å². The third-order valence-electron chi connectivity index (χ3n) is 1.76. The first-order chi connectivity index (χ1) is 6.31. The lowest BCUT2D eigenvalue weighted by molar-refractivity contribution is -0.138. The summed E-state index contributed by atoms with van der Waals surface area (Å²) < 4.78 is 0. The highest BCUT2D eigenvalue weighted by Crippen LogP contribution is 2.16. The summed E-state index contributed by atoms with van der Waals surface area (Å²) in [6, 6.07) is 0. The van der Waals surface area contributed by atoms with Crippen LogP contribution in [0, 0.1) is 5.41 Å².